The zero-order valence-electron chi connectivity index (χ0n) is 16.7. The molecule has 0 aromatic heterocycles. The molecular weight excluding hydrogens is 412 g/mol. The highest BCUT2D eigenvalue weighted by atomic mass is 16.4. The van der Waals surface area contributed by atoms with Crippen LogP contribution in [0.2, 0.25) is 0 Å². The molecule has 0 fully saturated rings. The summed E-state index contributed by atoms with van der Waals surface area (Å²) in [5.74, 6) is -0.888. The molecule has 10 heteroatoms. The number of oxime groups is 2. The maximum Gasteiger partial charge on any atom is 0.255 e. The van der Waals surface area contributed by atoms with Crippen molar-refractivity contribution in [1.29, 1.82) is 0 Å². The Kier molecular flexibility index (Phi) is 6.66. The number of nitrogens with zero attached hydrogens (tertiary/aromatic N) is 2. The average Bonchev–Trinajstić information content (AvgIpc) is 2.84. The van der Waals surface area contributed by atoms with Gasteiger partial charge in [0.1, 0.15) is 0 Å². The van der Waals surface area contributed by atoms with Crippen LogP contribution in [0, 0.1) is 0 Å². The van der Waals surface area contributed by atoms with Gasteiger partial charge < -0.3 is 32.5 Å². The Labute approximate surface area is 182 Å². The molecule has 0 heterocycles. The number of amides is 2. The Morgan fingerprint density at radius 3 is 1.34 bits per heavy atom. The second-order valence-electron chi connectivity index (χ2n) is 6.61. The van der Waals surface area contributed by atoms with Crippen LogP contribution in [-0.4, -0.2) is 33.9 Å². The summed E-state index contributed by atoms with van der Waals surface area (Å²) in [5, 5.41) is 28.7. The van der Waals surface area contributed by atoms with E-state index in [1.807, 2.05) is 0 Å². The van der Waals surface area contributed by atoms with Crippen LogP contribution in [-0.2, 0) is 0 Å². The lowest BCUT2D eigenvalue weighted by Gasteiger charge is -2.09. The predicted octanol–water partition coefficient (Wildman–Crippen LogP) is 2.38. The topological polar surface area (TPSA) is 175 Å². The normalized spacial score (nSPS) is 11.6. The Morgan fingerprint density at radius 1 is 0.625 bits per heavy atom. The number of carbonyl (C=O) groups excluding carboxylic acids is 2. The van der Waals surface area contributed by atoms with Crippen molar-refractivity contribution in [3.8, 4) is 0 Å². The van der Waals surface area contributed by atoms with Crippen molar-refractivity contribution >= 4 is 34.9 Å². The Hall–Kier alpha value is -4.86. The molecule has 0 aliphatic carbocycles. The second-order valence-corrected chi connectivity index (χ2v) is 6.61. The zero-order valence-corrected chi connectivity index (χ0v) is 16.7. The van der Waals surface area contributed by atoms with Gasteiger partial charge in [0.25, 0.3) is 11.8 Å². The van der Waals surface area contributed by atoms with Gasteiger partial charge in [0.2, 0.25) is 0 Å². The Balaban J connectivity index is 1.68. The fourth-order valence-corrected chi connectivity index (χ4v) is 2.77. The van der Waals surface area contributed by atoms with Crippen molar-refractivity contribution in [3.63, 3.8) is 0 Å². The van der Waals surface area contributed by atoms with Gasteiger partial charge in [-0.2, -0.15) is 0 Å². The van der Waals surface area contributed by atoms with E-state index in [9.17, 15) is 9.59 Å². The lowest BCUT2D eigenvalue weighted by atomic mass is 10.1. The molecule has 10 nitrogen and oxygen atoms in total. The molecule has 0 radical (unpaired) electrons. The Morgan fingerprint density at radius 2 is 1.00 bits per heavy atom. The number of anilines is 2. The molecule has 2 amide bonds. The van der Waals surface area contributed by atoms with E-state index < -0.39 is 11.8 Å². The van der Waals surface area contributed by atoms with Crippen molar-refractivity contribution < 1.29 is 20.0 Å². The highest BCUT2D eigenvalue weighted by molar-refractivity contribution is 6.09. The monoisotopic (exact) mass is 432 g/mol. The van der Waals surface area contributed by atoms with Gasteiger partial charge in [0, 0.05) is 33.6 Å². The molecule has 0 spiro atoms. The molecule has 8 N–H and O–H groups in total. The van der Waals surface area contributed by atoms with Gasteiger partial charge in [0.15, 0.2) is 11.7 Å². The van der Waals surface area contributed by atoms with Crippen molar-refractivity contribution in [2.24, 2.45) is 21.8 Å². The number of hydrogen-bond donors (Lipinski definition) is 6. The van der Waals surface area contributed by atoms with E-state index in [4.69, 9.17) is 21.9 Å². The fourth-order valence-electron chi connectivity index (χ4n) is 2.77. The van der Waals surface area contributed by atoms with Crippen LogP contribution in [0.4, 0.5) is 11.4 Å². The molecule has 0 bridgehead atoms. The van der Waals surface area contributed by atoms with Crippen LogP contribution in [0.25, 0.3) is 0 Å². The van der Waals surface area contributed by atoms with Crippen LogP contribution in [0.5, 0.6) is 0 Å². The lowest BCUT2D eigenvalue weighted by molar-refractivity contribution is 0.102. The van der Waals surface area contributed by atoms with Crippen molar-refractivity contribution in [2.75, 3.05) is 10.6 Å². The van der Waals surface area contributed by atoms with Crippen molar-refractivity contribution in [2.45, 2.75) is 0 Å². The quantitative estimate of drug-likeness (QED) is 0.151. The summed E-state index contributed by atoms with van der Waals surface area (Å²) < 4.78 is 0. The fraction of sp³-hybridized carbons (Fsp3) is 0. The molecule has 3 aromatic rings. The maximum absolute atomic E-state index is 12.6. The molecular formula is C22H20N6O4. The first-order chi connectivity index (χ1) is 15.4. The predicted molar refractivity (Wildman–Crippen MR) is 120 cm³/mol. The minimum Gasteiger partial charge on any atom is -0.409 e. The lowest BCUT2D eigenvalue weighted by Crippen LogP contribution is -2.16. The summed E-state index contributed by atoms with van der Waals surface area (Å²) in [5.41, 5.74) is 13.6. The van der Waals surface area contributed by atoms with Gasteiger partial charge in [-0.05, 0) is 66.7 Å². The zero-order chi connectivity index (χ0) is 23.1. The van der Waals surface area contributed by atoms with E-state index in [1.165, 1.54) is 6.07 Å². The third kappa shape index (κ3) is 5.19. The summed E-state index contributed by atoms with van der Waals surface area (Å²) in [6, 6.07) is 19.1. The summed E-state index contributed by atoms with van der Waals surface area (Å²) in [6.45, 7) is 0. The van der Waals surface area contributed by atoms with Crippen LogP contribution in [0.1, 0.15) is 31.8 Å². The third-order valence-corrected chi connectivity index (χ3v) is 4.48. The molecule has 0 unspecified atom stereocenters. The van der Waals surface area contributed by atoms with Gasteiger partial charge in [0.05, 0.1) is 0 Å². The van der Waals surface area contributed by atoms with E-state index in [0.29, 0.717) is 33.6 Å². The third-order valence-electron chi connectivity index (χ3n) is 4.48. The number of nitrogens with two attached hydrogens (primary N) is 2. The van der Waals surface area contributed by atoms with Crippen LogP contribution >= 0.6 is 0 Å². The van der Waals surface area contributed by atoms with Crippen LogP contribution in [0.15, 0.2) is 83.1 Å². The van der Waals surface area contributed by atoms with Gasteiger partial charge in [-0.3, -0.25) is 9.59 Å². The SMILES string of the molecule is N/C(=N\O)c1ccc(NC(=O)c2cccc(C(=O)Nc3ccc(/C(N)=N/O)cc3)c2)cc1. The molecule has 162 valence electrons. The number of hydrogen-bond acceptors (Lipinski definition) is 6. The molecule has 0 aliphatic heterocycles. The average molecular weight is 432 g/mol. The molecule has 3 rings (SSSR count). The van der Waals surface area contributed by atoms with E-state index in [0.717, 1.165) is 0 Å². The van der Waals surface area contributed by atoms with Gasteiger partial charge in [-0.1, -0.05) is 16.4 Å². The van der Waals surface area contributed by atoms with Crippen molar-refractivity contribution in [1.82, 2.24) is 0 Å². The second kappa shape index (κ2) is 9.76. The first-order valence-corrected chi connectivity index (χ1v) is 9.30. The summed E-state index contributed by atoms with van der Waals surface area (Å²) in [6.07, 6.45) is 0. The molecule has 3 aromatic carbocycles. The Bertz CT molecular complexity index is 1100. The molecule has 0 saturated carbocycles. The smallest absolute Gasteiger partial charge is 0.255 e. The highest BCUT2D eigenvalue weighted by Gasteiger charge is 2.12. The number of nitrogens with one attached hydrogen (secondary N) is 2. The number of amidine groups is 2. The minimum atomic E-state index is -0.403. The van der Waals surface area contributed by atoms with Crippen LogP contribution in [0.3, 0.4) is 0 Å². The summed E-state index contributed by atoms with van der Waals surface area (Å²) >= 11 is 0. The molecule has 0 saturated heterocycles. The summed E-state index contributed by atoms with van der Waals surface area (Å²) in [4.78, 5) is 25.2. The van der Waals surface area contributed by atoms with E-state index in [2.05, 4.69) is 20.9 Å². The van der Waals surface area contributed by atoms with E-state index in [1.54, 1.807) is 66.7 Å². The minimum absolute atomic E-state index is 0.0405. The largest absolute Gasteiger partial charge is 0.409 e. The first kappa shape index (κ1) is 21.8. The number of carbonyl (C=O) groups is 2. The number of rotatable bonds is 6. The summed E-state index contributed by atoms with van der Waals surface area (Å²) in [7, 11) is 0. The highest BCUT2D eigenvalue weighted by Crippen LogP contribution is 2.15. The van der Waals surface area contributed by atoms with Gasteiger partial charge in [-0.25, -0.2) is 0 Å². The first-order valence-electron chi connectivity index (χ1n) is 9.30. The number of benzene rings is 3. The van der Waals surface area contributed by atoms with Crippen molar-refractivity contribution in [3.05, 3.63) is 95.1 Å². The van der Waals surface area contributed by atoms with Gasteiger partial charge >= 0.3 is 0 Å². The van der Waals surface area contributed by atoms with E-state index in [-0.39, 0.29) is 11.7 Å². The maximum atomic E-state index is 12.6. The molecule has 0 atom stereocenters. The van der Waals surface area contributed by atoms with Crippen LogP contribution < -0.4 is 22.1 Å². The molecule has 0 aliphatic rings. The standard InChI is InChI=1S/C22H20N6O4/c23-19(27-31)13-4-8-17(9-5-13)25-21(29)15-2-1-3-16(12-15)22(30)26-18-10-6-14(7-11-18)20(24)28-32/h1-12,31-32H,(H2,23,27)(H2,24,28)(H,25,29)(H,26,30). The van der Waals surface area contributed by atoms with Gasteiger partial charge in [-0.15, -0.1) is 0 Å². The molecule has 32 heavy (non-hydrogen) atoms. The van der Waals surface area contributed by atoms with E-state index >= 15 is 0 Å².